The highest BCUT2D eigenvalue weighted by molar-refractivity contribution is 5.98. The van der Waals surface area contributed by atoms with Gasteiger partial charge in [-0.1, -0.05) is 6.42 Å². The number of carbonyl (C=O) groups is 1. The van der Waals surface area contributed by atoms with Gasteiger partial charge in [0, 0.05) is 43.1 Å². The Hall–Kier alpha value is -3.13. The molecular formula is C24H28F3N5O3. The van der Waals surface area contributed by atoms with E-state index in [-0.39, 0.29) is 17.5 Å². The second kappa shape index (κ2) is 10.2. The lowest BCUT2D eigenvalue weighted by atomic mass is 10.1. The van der Waals surface area contributed by atoms with Gasteiger partial charge in [-0.05, 0) is 45.6 Å². The molecule has 0 unspecified atom stereocenters. The third kappa shape index (κ3) is 5.27. The van der Waals surface area contributed by atoms with Crippen molar-refractivity contribution in [1.82, 2.24) is 19.3 Å². The van der Waals surface area contributed by atoms with Crippen molar-refractivity contribution in [2.45, 2.75) is 77.7 Å². The average molecular weight is 492 g/mol. The van der Waals surface area contributed by atoms with E-state index in [1.54, 1.807) is 23.6 Å². The number of aryl methyl sites for hydroxylation is 2. The fourth-order valence-electron chi connectivity index (χ4n) is 4.74. The molecule has 188 valence electrons. The Bertz CT molecular complexity index is 1170. The molecule has 0 spiro atoms. The molecule has 0 amide bonds. The molecule has 2 aliphatic rings. The molecule has 0 radical (unpaired) electrons. The van der Waals surface area contributed by atoms with Crippen LogP contribution in [0.1, 0.15) is 65.5 Å². The van der Waals surface area contributed by atoms with Gasteiger partial charge in [-0.15, -0.1) is 10.2 Å². The number of fused-ring (bicyclic) bond motifs is 1. The van der Waals surface area contributed by atoms with Gasteiger partial charge in [0.1, 0.15) is 17.5 Å². The highest BCUT2D eigenvalue weighted by Crippen LogP contribution is 2.34. The number of alkyl halides is 3. The van der Waals surface area contributed by atoms with Crippen molar-refractivity contribution in [1.29, 1.82) is 5.26 Å². The number of hydrogen-bond donors (Lipinski definition) is 0. The summed E-state index contributed by atoms with van der Waals surface area (Å²) in [7, 11) is 0. The second-order valence-corrected chi connectivity index (χ2v) is 8.96. The van der Waals surface area contributed by atoms with E-state index in [1.165, 1.54) is 0 Å². The molecule has 1 atom stereocenters. The first kappa shape index (κ1) is 25.0. The van der Waals surface area contributed by atoms with Gasteiger partial charge >= 0.3 is 6.18 Å². The number of carbonyl (C=O) groups excluding carboxylic acids is 1. The molecule has 1 fully saturated rings. The van der Waals surface area contributed by atoms with Crippen molar-refractivity contribution in [3.63, 3.8) is 0 Å². The van der Waals surface area contributed by atoms with Gasteiger partial charge in [0.25, 0.3) is 0 Å². The van der Waals surface area contributed by atoms with E-state index in [9.17, 15) is 23.2 Å². The molecule has 0 bridgehead atoms. The van der Waals surface area contributed by atoms with Gasteiger partial charge in [0.2, 0.25) is 11.5 Å². The topological polar surface area (TPSA) is 95.0 Å². The quantitative estimate of drug-likeness (QED) is 0.326. The number of aromatic nitrogens is 4. The monoisotopic (exact) mass is 491 g/mol. The van der Waals surface area contributed by atoms with Crippen LogP contribution in [0.25, 0.3) is 5.57 Å². The normalized spacial score (nSPS) is 19.0. The van der Waals surface area contributed by atoms with Crippen LogP contribution < -0.4 is 0 Å². The summed E-state index contributed by atoms with van der Waals surface area (Å²) >= 11 is 0. The minimum absolute atomic E-state index is 0.0511. The molecule has 2 aromatic heterocycles. The van der Waals surface area contributed by atoms with Crippen LogP contribution in [0.5, 0.6) is 0 Å². The van der Waals surface area contributed by atoms with Crippen LogP contribution in [0.4, 0.5) is 13.2 Å². The number of allylic oxidation sites excluding steroid dienone is 2. The molecule has 0 aromatic carbocycles. The molecule has 2 aromatic rings. The molecule has 1 saturated heterocycles. The SMILES string of the molecule is Cc1cc(C(=O)CO/C(=C(/C#N)c2nnc3n2CCCCC3)C(F)(F)F)c(C)n1C[C@H]1CCCO1. The molecule has 4 heterocycles. The standard InChI is InChI=1S/C24H28F3N5O3/c1-15-11-18(16(2)32(15)13-17-7-6-10-34-17)20(33)14-35-22(24(25,26)27)19(12-28)23-30-29-21-8-4-3-5-9-31(21)23/h11,17H,3-10,13-14H2,1-2H3/b22-19-/t17-/m1/s1. The van der Waals surface area contributed by atoms with Crippen molar-refractivity contribution in [2.24, 2.45) is 0 Å². The minimum Gasteiger partial charge on any atom is -0.480 e. The molecule has 8 nitrogen and oxygen atoms in total. The Morgan fingerprint density at radius 2 is 2.06 bits per heavy atom. The number of hydrogen-bond acceptors (Lipinski definition) is 6. The van der Waals surface area contributed by atoms with Gasteiger partial charge in [-0.25, -0.2) is 0 Å². The zero-order chi connectivity index (χ0) is 25.2. The van der Waals surface area contributed by atoms with Crippen molar-refractivity contribution >= 4 is 11.4 Å². The Morgan fingerprint density at radius 3 is 2.74 bits per heavy atom. The van der Waals surface area contributed by atoms with Crippen LogP contribution in [0, 0.1) is 25.2 Å². The number of nitriles is 1. The summed E-state index contributed by atoms with van der Waals surface area (Å²) in [6, 6.07) is 3.24. The maximum atomic E-state index is 14.0. The lowest BCUT2D eigenvalue weighted by Crippen LogP contribution is -2.22. The van der Waals surface area contributed by atoms with E-state index in [0.717, 1.165) is 37.8 Å². The molecular weight excluding hydrogens is 463 g/mol. The highest BCUT2D eigenvalue weighted by atomic mass is 19.4. The third-order valence-corrected chi connectivity index (χ3v) is 6.56. The highest BCUT2D eigenvalue weighted by Gasteiger charge is 2.41. The van der Waals surface area contributed by atoms with Crippen molar-refractivity contribution in [3.05, 3.63) is 40.4 Å². The number of nitrogens with zero attached hydrogens (tertiary/aromatic N) is 5. The van der Waals surface area contributed by atoms with Crippen LogP contribution >= 0.6 is 0 Å². The van der Waals surface area contributed by atoms with Crippen LogP contribution in [0.2, 0.25) is 0 Å². The zero-order valence-electron chi connectivity index (χ0n) is 19.8. The lowest BCUT2D eigenvalue weighted by molar-refractivity contribution is -0.127. The lowest BCUT2D eigenvalue weighted by Gasteiger charge is -2.16. The summed E-state index contributed by atoms with van der Waals surface area (Å²) < 4.78 is 56.1. The molecule has 0 saturated carbocycles. The summed E-state index contributed by atoms with van der Waals surface area (Å²) in [5.74, 6) is -1.77. The summed E-state index contributed by atoms with van der Waals surface area (Å²) in [5, 5.41) is 17.5. The maximum Gasteiger partial charge on any atom is 0.450 e. The van der Waals surface area contributed by atoms with Gasteiger partial charge < -0.3 is 18.6 Å². The molecule has 11 heteroatoms. The molecule has 0 aliphatic carbocycles. The van der Waals surface area contributed by atoms with Crippen molar-refractivity contribution < 1.29 is 27.4 Å². The van der Waals surface area contributed by atoms with Crippen molar-refractivity contribution in [3.8, 4) is 6.07 Å². The first-order valence-corrected chi connectivity index (χ1v) is 11.8. The Balaban J connectivity index is 1.59. The summed E-state index contributed by atoms with van der Waals surface area (Å²) in [6.07, 6.45) is 0.0592. The van der Waals surface area contributed by atoms with Gasteiger partial charge in [-0.2, -0.15) is 18.4 Å². The molecule has 2 aliphatic heterocycles. The summed E-state index contributed by atoms with van der Waals surface area (Å²) in [5.41, 5.74) is 0.982. The first-order chi connectivity index (χ1) is 16.7. The number of ketones is 1. The summed E-state index contributed by atoms with van der Waals surface area (Å²) in [6.45, 7) is 4.44. The van der Waals surface area contributed by atoms with Gasteiger partial charge in [-0.3, -0.25) is 4.79 Å². The molecule has 4 rings (SSSR count). The van der Waals surface area contributed by atoms with E-state index < -0.39 is 29.9 Å². The number of rotatable bonds is 7. The Labute approximate surface area is 201 Å². The van der Waals surface area contributed by atoms with E-state index >= 15 is 0 Å². The predicted octanol–water partition coefficient (Wildman–Crippen LogP) is 4.30. The maximum absolute atomic E-state index is 14.0. The van der Waals surface area contributed by atoms with E-state index in [0.29, 0.717) is 37.6 Å². The van der Waals surface area contributed by atoms with Crippen LogP contribution in [-0.2, 0) is 29.0 Å². The number of halogens is 3. The van der Waals surface area contributed by atoms with Gasteiger partial charge in [0.05, 0.1) is 6.10 Å². The van der Waals surface area contributed by atoms with Crippen molar-refractivity contribution in [2.75, 3.05) is 13.2 Å². The second-order valence-electron chi connectivity index (χ2n) is 8.96. The van der Waals surface area contributed by atoms with E-state index in [1.807, 2.05) is 11.5 Å². The van der Waals surface area contributed by atoms with E-state index in [2.05, 4.69) is 10.2 Å². The smallest absolute Gasteiger partial charge is 0.450 e. The van der Waals surface area contributed by atoms with Crippen LogP contribution in [0.3, 0.4) is 0 Å². The largest absolute Gasteiger partial charge is 0.480 e. The number of Topliss-reactive ketones (excluding diaryl/α,β-unsaturated/α-hetero) is 1. The average Bonchev–Trinajstić information content (AvgIpc) is 3.48. The molecule has 35 heavy (non-hydrogen) atoms. The fraction of sp³-hybridized carbons (Fsp3) is 0.583. The predicted molar refractivity (Wildman–Crippen MR) is 119 cm³/mol. The summed E-state index contributed by atoms with van der Waals surface area (Å²) in [4.78, 5) is 12.9. The van der Waals surface area contributed by atoms with Gasteiger partial charge in [0.15, 0.2) is 12.4 Å². The minimum atomic E-state index is -4.99. The third-order valence-electron chi connectivity index (χ3n) is 6.56. The first-order valence-electron chi connectivity index (χ1n) is 11.8. The number of ether oxygens (including phenoxy) is 2. The Morgan fingerprint density at radius 1 is 1.26 bits per heavy atom. The zero-order valence-corrected chi connectivity index (χ0v) is 19.8. The van der Waals surface area contributed by atoms with Crippen LogP contribution in [-0.4, -0.2) is 50.6 Å². The van der Waals surface area contributed by atoms with Crippen LogP contribution in [0.15, 0.2) is 11.8 Å². The Kier molecular flexibility index (Phi) is 7.31. The van der Waals surface area contributed by atoms with E-state index in [4.69, 9.17) is 9.47 Å². The molecule has 0 N–H and O–H groups in total. The fourth-order valence-corrected chi connectivity index (χ4v) is 4.74.